The van der Waals surface area contributed by atoms with Crippen molar-refractivity contribution in [2.45, 2.75) is 6.42 Å². The third-order valence-corrected chi connectivity index (χ3v) is 4.47. The van der Waals surface area contributed by atoms with Crippen LogP contribution in [-0.2, 0) is 11.2 Å². The molecule has 2 heterocycles. The molecule has 1 aromatic heterocycles. The first-order valence-corrected chi connectivity index (χ1v) is 8.41. The lowest BCUT2D eigenvalue weighted by atomic mass is 10.1. The second-order valence-electron chi connectivity index (χ2n) is 5.98. The van der Waals surface area contributed by atoms with E-state index >= 15 is 0 Å². The maximum absolute atomic E-state index is 12.6. The zero-order valence-electron chi connectivity index (χ0n) is 14.7. The molecule has 25 heavy (non-hydrogen) atoms. The van der Waals surface area contributed by atoms with Crippen LogP contribution >= 0.6 is 0 Å². The first-order chi connectivity index (χ1) is 12.2. The van der Waals surface area contributed by atoms with Gasteiger partial charge >= 0.3 is 0 Å². The van der Waals surface area contributed by atoms with Gasteiger partial charge in [0.25, 0.3) is 5.82 Å². The fourth-order valence-electron chi connectivity index (χ4n) is 3.05. The molecule has 2 aromatic rings. The van der Waals surface area contributed by atoms with Crippen LogP contribution in [0.4, 0.5) is 5.82 Å². The van der Waals surface area contributed by atoms with Crippen molar-refractivity contribution in [3.05, 3.63) is 48.2 Å². The maximum atomic E-state index is 12.6. The number of amides is 1. The number of H-pyrrole nitrogens is 1. The molecule has 1 amide bonds. The molecule has 0 radical (unpaired) electrons. The minimum Gasteiger partial charge on any atom is -0.493 e. The Labute approximate surface area is 148 Å². The maximum Gasteiger partial charge on any atom is 0.274 e. The van der Waals surface area contributed by atoms with Crippen molar-refractivity contribution in [2.75, 3.05) is 45.3 Å². The molecule has 0 spiro atoms. The smallest absolute Gasteiger partial charge is 0.274 e. The summed E-state index contributed by atoms with van der Waals surface area (Å²) in [5, 5.41) is 0. The molecule has 1 aliphatic heterocycles. The molecule has 132 valence electrons. The molecule has 1 fully saturated rings. The summed E-state index contributed by atoms with van der Waals surface area (Å²) in [5.74, 6) is 2.56. The van der Waals surface area contributed by atoms with E-state index in [2.05, 4.69) is 16.0 Å². The second kappa shape index (κ2) is 7.88. The highest BCUT2D eigenvalue weighted by Crippen LogP contribution is 2.27. The zero-order chi connectivity index (χ0) is 17.6. The van der Waals surface area contributed by atoms with Crippen molar-refractivity contribution in [3.63, 3.8) is 0 Å². The summed E-state index contributed by atoms with van der Waals surface area (Å²) >= 11 is 0. The highest BCUT2D eigenvalue weighted by atomic mass is 16.5. The highest BCUT2D eigenvalue weighted by molar-refractivity contribution is 5.79. The van der Waals surface area contributed by atoms with Crippen LogP contribution in [0, 0.1) is 0 Å². The van der Waals surface area contributed by atoms with E-state index in [1.807, 2.05) is 41.4 Å². The molecule has 6 nitrogen and oxygen atoms in total. The summed E-state index contributed by atoms with van der Waals surface area (Å²) in [5.41, 5.74) is 0.932. The summed E-state index contributed by atoms with van der Waals surface area (Å²) in [4.78, 5) is 20.0. The number of nitrogens with one attached hydrogen (secondary N) is 1. The summed E-state index contributed by atoms with van der Waals surface area (Å²) in [6.07, 6.45) is 2.29. The number of pyridine rings is 1. The quantitative estimate of drug-likeness (QED) is 0.824. The van der Waals surface area contributed by atoms with E-state index in [-0.39, 0.29) is 5.91 Å². The van der Waals surface area contributed by atoms with Gasteiger partial charge in [-0.2, -0.15) is 0 Å². The van der Waals surface area contributed by atoms with Crippen molar-refractivity contribution in [3.8, 4) is 11.5 Å². The van der Waals surface area contributed by atoms with Gasteiger partial charge < -0.3 is 14.4 Å². The van der Waals surface area contributed by atoms with E-state index in [1.165, 1.54) is 0 Å². The van der Waals surface area contributed by atoms with Gasteiger partial charge in [-0.15, -0.1) is 0 Å². The number of nitrogens with zero attached hydrogens (tertiary/aromatic N) is 2. The number of methoxy groups -OCH3 is 2. The fourth-order valence-corrected chi connectivity index (χ4v) is 3.05. The molecule has 0 atom stereocenters. The van der Waals surface area contributed by atoms with E-state index < -0.39 is 0 Å². The summed E-state index contributed by atoms with van der Waals surface area (Å²) in [7, 11) is 3.20. The molecule has 6 heteroatoms. The van der Waals surface area contributed by atoms with Crippen LogP contribution in [0.1, 0.15) is 5.56 Å². The number of hydrogen-bond acceptors (Lipinski definition) is 4. The van der Waals surface area contributed by atoms with Gasteiger partial charge in [-0.3, -0.25) is 9.69 Å². The molecule has 1 saturated heterocycles. The number of aromatic amines is 1. The minimum atomic E-state index is 0.143. The molecule has 0 aliphatic carbocycles. The van der Waals surface area contributed by atoms with Gasteiger partial charge in [-0.1, -0.05) is 12.1 Å². The number of piperazine rings is 1. The number of rotatable bonds is 5. The third-order valence-electron chi connectivity index (χ3n) is 4.47. The molecular weight excluding hydrogens is 318 g/mol. The van der Waals surface area contributed by atoms with E-state index in [0.29, 0.717) is 17.9 Å². The van der Waals surface area contributed by atoms with Crippen LogP contribution in [0.2, 0.25) is 0 Å². The van der Waals surface area contributed by atoms with Gasteiger partial charge in [0.05, 0.1) is 39.9 Å². The van der Waals surface area contributed by atoms with E-state index in [9.17, 15) is 4.79 Å². The Balaban J connectivity index is 1.58. The monoisotopic (exact) mass is 342 g/mol. The number of hydrogen-bond donors (Lipinski definition) is 0. The zero-order valence-corrected chi connectivity index (χ0v) is 14.7. The molecule has 0 saturated carbocycles. The number of aromatic nitrogens is 1. The molecule has 1 aromatic carbocycles. The van der Waals surface area contributed by atoms with Crippen LogP contribution < -0.4 is 19.4 Å². The Hall–Kier alpha value is -2.76. The molecule has 0 bridgehead atoms. The average molecular weight is 342 g/mol. The number of carbonyl (C=O) groups excluding carboxylic acids is 1. The lowest BCUT2D eigenvalue weighted by molar-refractivity contribution is -0.364. The highest BCUT2D eigenvalue weighted by Gasteiger charge is 2.26. The Bertz CT molecular complexity index is 713. The van der Waals surface area contributed by atoms with Crippen LogP contribution in [-0.4, -0.2) is 51.2 Å². The predicted octanol–water partition coefficient (Wildman–Crippen LogP) is 1.41. The van der Waals surface area contributed by atoms with Crippen molar-refractivity contribution in [1.82, 2.24) is 4.90 Å². The van der Waals surface area contributed by atoms with Crippen molar-refractivity contribution < 1.29 is 19.3 Å². The van der Waals surface area contributed by atoms with Gasteiger partial charge in [0.15, 0.2) is 11.5 Å². The Morgan fingerprint density at radius 3 is 2.44 bits per heavy atom. The topological polar surface area (TPSA) is 56.2 Å². The van der Waals surface area contributed by atoms with Crippen LogP contribution in [0.3, 0.4) is 0 Å². The normalized spacial score (nSPS) is 14.3. The van der Waals surface area contributed by atoms with Crippen LogP contribution in [0.25, 0.3) is 0 Å². The van der Waals surface area contributed by atoms with E-state index in [4.69, 9.17) is 9.47 Å². The van der Waals surface area contributed by atoms with Gasteiger partial charge in [-0.05, 0) is 23.8 Å². The van der Waals surface area contributed by atoms with Crippen LogP contribution in [0.5, 0.6) is 11.5 Å². The van der Waals surface area contributed by atoms with Gasteiger partial charge in [0.1, 0.15) is 13.1 Å². The molecule has 1 N–H and O–H groups in total. The molecule has 3 rings (SSSR count). The lowest BCUT2D eigenvalue weighted by Crippen LogP contribution is -2.50. The third kappa shape index (κ3) is 4.02. The van der Waals surface area contributed by atoms with Crippen molar-refractivity contribution in [2.24, 2.45) is 0 Å². The number of ether oxygens (including phenoxy) is 2. The fraction of sp³-hybridized carbons (Fsp3) is 0.368. The lowest BCUT2D eigenvalue weighted by Gasteiger charge is -2.31. The Morgan fingerprint density at radius 2 is 1.80 bits per heavy atom. The molecule has 1 aliphatic rings. The largest absolute Gasteiger partial charge is 0.493 e. The SMILES string of the molecule is COc1ccc(CC(=O)N2CCN(c3cccc[nH+]3)CC2)cc1OC. The summed E-state index contributed by atoms with van der Waals surface area (Å²) in [6.45, 7) is 3.13. The standard InChI is InChI=1S/C19H23N3O3/c1-24-16-7-6-15(13-17(16)25-2)14-19(23)22-11-9-21(10-12-22)18-5-3-4-8-20-18/h3-8,13H,9-12,14H2,1-2H3/p+1. The summed E-state index contributed by atoms with van der Waals surface area (Å²) in [6, 6.07) is 11.7. The second-order valence-corrected chi connectivity index (χ2v) is 5.98. The van der Waals surface area contributed by atoms with Crippen molar-refractivity contribution >= 4 is 11.7 Å². The minimum absolute atomic E-state index is 0.143. The first kappa shape index (κ1) is 17.1. The Morgan fingerprint density at radius 1 is 1.04 bits per heavy atom. The number of benzene rings is 1. The summed E-state index contributed by atoms with van der Waals surface area (Å²) < 4.78 is 10.5. The van der Waals surface area contributed by atoms with E-state index in [1.54, 1.807) is 14.2 Å². The van der Waals surface area contributed by atoms with Gasteiger partial charge in [-0.25, -0.2) is 4.98 Å². The average Bonchev–Trinajstić information content (AvgIpc) is 2.68. The first-order valence-electron chi connectivity index (χ1n) is 8.41. The molecule has 0 unspecified atom stereocenters. The van der Waals surface area contributed by atoms with Crippen molar-refractivity contribution in [1.29, 1.82) is 0 Å². The molecular formula is C19H24N3O3+. The van der Waals surface area contributed by atoms with E-state index in [0.717, 1.165) is 37.6 Å². The predicted molar refractivity (Wildman–Crippen MR) is 95.0 cm³/mol. The van der Waals surface area contributed by atoms with Gasteiger partial charge in [0, 0.05) is 6.07 Å². The van der Waals surface area contributed by atoms with Crippen LogP contribution in [0.15, 0.2) is 42.6 Å². The number of anilines is 1. The Kier molecular flexibility index (Phi) is 5.38. The number of carbonyl (C=O) groups is 1. The van der Waals surface area contributed by atoms with Gasteiger partial charge in [0.2, 0.25) is 5.91 Å².